The van der Waals surface area contributed by atoms with E-state index in [-0.39, 0.29) is 23.6 Å². The predicted octanol–water partition coefficient (Wildman–Crippen LogP) is 3.66. The summed E-state index contributed by atoms with van der Waals surface area (Å²) in [5.41, 5.74) is 2.03. The minimum absolute atomic E-state index is 0.195. The van der Waals surface area contributed by atoms with Gasteiger partial charge in [-0.3, -0.25) is 9.59 Å². The van der Waals surface area contributed by atoms with Crippen LogP contribution in [0.1, 0.15) is 21.6 Å². The topological polar surface area (TPSA) is 60.3 Å². The highest BCUT2D eigenvalue weighted by Crippen LogP contribution is 2.11. The number of halogens is 1. The quantitative estimate of drug-likeness (QED) is 0.654. The number of amides is 1. The first-order chi connectivity index (χ1) is 13.0. The van der Waals surface area contributed by atoms with Crippen molar-refractivity contribution in [1.82, 2.24) is 9.88 Å². The van der Waals surface area contributed by atoms with E-state index in [0.717, 1.165) is 10.0 Å². The van der Waals surface area contributed by atoms with Gasteiger partial charge in [0.1, 0.15) is 6.61 Å². The molecule has 1 heterocycles. The lowest BCUT2D eigenvalue weighted by atomic mass is 10.2. The second-order valence-corrected chi connectivity index (χ2v) is 6.98. The van der Waals surface area contributed by atoms with E-state index in [0.29, 0.717) is 17.9 Å². The number of ether oxygens (including phenoxy) is 1. The van der Waals surface area contributed by atoms with Crippen LogP contribution in [-0.2, 0) is 20.2 Å². The first-order valence-corrected chi connectivity index (χ1v) is 9.22. The van der Waals surface area contributed by atoms with Gasteiger partial charge in [0.25, 0.3) is 5.91 Å². The number of nitrogens with zero attached hydrogens (tertiary/aromatic N) is 1. The number of hydrogen-bond donors (Lipinski definition) is 1. The first kappa shape index (κ1) is 18.9. The fourth-order valence-electron chi connectivity index (χ4n) is 2.54. The molecule has 1 N–H and O–H groups in total. The third kappa shape index (κ3) is 5.08. The van der Waals surface area contributed by atoms with Crippen LogP contribution in [0.3, 0.4) is 0 Å². The molecule has 0 saturated carbocycles. The summed E-state index contributed by atoms with van der Waals surface area (Å²) in [7, 11) is 1.82. The van der Waals surface area contributed by atoms with Crippen LogP contribution in [0.25, 0.3) is 0 Å². The number of carbonyl (C=O) groups is 1. The Bertz CT molecular complexity index is 983. The van der Waals surface area contributed by atoms with Crippen molar-refractivity contribution in [2.45, 2.75) is 13.2 Å². The van der Waals surface area contributed by atoms with Gasteiger partial charge in [0.15, 0.2) is 5.75 Å². The molecule has 0 fully saturated rings. The molecule has 0 atom stereocenters. The van der Waals surface area contributed by atoms with Crippen LogP contribution < -0.4 is 15.5 Å². The van der Waals surface area contributed by atoms with Crippen LogP contribution >= 0.6 is 15.9 Å². The molecule has 0 aliphatic heterocycles. The Kier molecular flexibility index (Phi) is 6.08. The van der Waals surface area contributed by atoms with E-state index in [1.165, 1.54) is 6.07 Å². The van der Waals surface area contributed by atoms with Gasteiger partial charge in [-0.1, -0.05) is 46.3 Å². The van der Waals surface area contributed by atoms with Crippen LogP contribution in [0.2, 0.25) is 0 Å². The predicted molar refractivity (Wildman–Crippen MR) is 108 cm³/mol. The first-order valence-electron chi connectivity index (χ1n) is 8.43. The molecule has 0 bridgehead atoms. The number of benzene rings is 2. The molecule has 1 aromatic heterocycles. The molecule has 0 aliphatic carbocycles. The summed E-state index contributed by atoms with van der Waals surface area (Å²) >= 11 is 3.34. The highest BCUT2D eigenvalue weighted by molar-refractivity contribution is 9.10. The monoisotopic (exact) mass is 426 g/mol. The number of pyridine rings is 1. The molecule has 0 spiro atoms. The Morgan fingerprint density at radius 2 is 1.81 bits per heavy atom. The Labute approximate surface area is 165 Å². The normalized spacial score (nSPS) is 10.4. The molecule has 6 heteroatoms. The van der Waals surface area contributed by atoms with Gasteiger partial charge < -0.3 is 14.6 Å². The summed E-state index contributed by atoms with van der Waals surface area (Å²) in [4.78, 5) is 24.5. The van der Waals surface area contributed by atoms with Gasteiger partial charge in [-0.15, -0.1) is 0 Å². The summed E-state index contributed by atoms with van der Waals surface area (Å²) in [6.07, 6.45) is 1.65. The number of rotatable bonds is 6. The van der Waals surface area contributed by atoms with Crippen LogP contribution in [0.4, 0.5) is 0 Å². The highest BCUT2D eigenvalue weighted by atomic mass is 79.9. The molecule has 1 amide bonds. The molecular formula is C21H19BrN2O3. The number of aryl methyl sites for hydroxylation is 1. The average Bonchev–Trinajstić information content (AvgIpc) is 2.68. The van der Waals surface area contributed by atoms with Crippen LogP contribution in [-0.4, -0.2) is 10.5 Å². The van der Waals surface area contributed by atoms with Crippen molar-refractivity contribution in [1.29, 1.82) is 0 Å². The van der Waals surface area contributed by atoms with Gasteiger partial charge in [0.05, 0.1) is 12.7 Å². The standard InChI is InChI=1S/C21H19BrN2O3/c1-24-13-20(27-14-15-5-3-2-4-6-15)19(25)11-18(24)12-23-21(26)16-7-9-17(22)10-8-16/h2-11,13H,12,14H2,1H3,(H,23,26). The second-order valence-electron chi connectivity index (χ2n) is 6.07. The maximum Gasteiger partial charge on any atom is 0.251 e. The Hall–Kier alpha value is -2.86. The molecule has 5 nitrogen and oxygen atoms in total. The van der Waals surface area contributed by atoms with Crippen LogP contribution in [0.5, 0.6) is 5.75 Å². The lowest BCUT2D eigenvalue weighted by molar-refractivity contribution is 0.0950. The third-order valence-corrected chi connectivity index (χ3v) is 4.61. The lowest BCUT2D eigenvalue weighted by Crippen LogP contribution is -2.25. The molecular weight excluding hydrogens is 408 g/mol. The molecule has 2 aromatic carbocycles. The van der Waals surface area contributed by atoms with Crippen LogP contribution in [0, 0.1) is 0 Å². The zero-order chi connectivity index (χ0) is 19.2. The van der Waals surface area contributed by atoms with Crippen molar-refractivity contribution in [3.05, 3.63) is 98.4 Å². The minimum Gasteiger partial charge on any atom is -0.483 e. The Balaban J connectivity index is 1.64. The maximum atomic E-state index is 12.3. The molecule has 0 radical (unpaired) electrons. The molecule has 3 aromatic rings. The lowest BCUT2D eigenvalue weighted by Gasteiger charge is -2.13. The van der Waals surface area contributed by atoms with Crippen molar-refractivity contribution < 1.29 is 9.53 Å². The smallest absolute Gasteiger partial charge is 0.251 e. The van der Waals surface area contributed by atoms with Crippen molar-refractivity contribution in [2.24, 2.45) is 7.05 Å². The second kappa shape index (κ2) is 8.68. The summed E-state index contributed by atoms with van der Waals surface area (Å²) in [5.74, 6) is 0.0868. The summed E-state index contributed by atoms with van der Waals surface area (Å²) < 4.78 is 8.33. The minimum atomic E-state index is -0.211. The van der Waals surface area contributed by atoms with Crippen molar-refractivity contribution in [3.63, 3.8) is 0 Å². The van der Waals surface area contributed by atoms with Crippen LogP contribution in [0.15, 0.2) is 76.1 Å². The van der Waals surface area contributed by atoms with E-state index in [1.807, 2.05) is 49.5 Å². The average molecular weight is 427 g/mol. The van der Waals surface area contributed by atoms with E-state index >= 15 is 0 Å². The van der Waals surface area contributed by atoms with Crippen molar-refractivity contribution >= 4 is 21.8 Å². The largest absolute Gasteiger partial charge is 0.483 e. The molecule has 3 rings (SSSR count). The molecule has 0 saturated heterocycles. The van der Waals surface area contributed by atoms with E-state index < -0.39 is 0 Å². The zero-order valence-corrected chi connectivity index (χ0v) is 16.4. The van der Waals surface area contributed by atoms with Gasteiger partial charge in [0, 0.05) is 28.8 Å². The van der Waals surface area contributed by atoms with Gasteiger partial charge in [-0.05, 0) is 29.8 Å². The molecule has 0 aliphatic rings. The third-order valence-electron chi connectivity index (χ3n) is 4.08. The molecule has 138 valence electrons. The van der Waals surface area contributed by atoms with Crippen molar-refractivity contribution in [2.75, 3.05) is 0 Å². The highest BCUT2D eigenvalue weighted by Gasteiger charge is 2.09. The maximum absolute atomic E-state index is 12.3. The summed E-state index contributed by atoms with van der Waals surface area (Å²) in [6, 6.07) is 18.2. The molecule has 0 unspecified atom stereocenters. The Morgan fingerprint density at radius 3 is 2.52 bits per heavy atom. The SMILES string of the molecule is Cn1cc(OCc2ccccc2)c(=O)cc1CNC(=O)c1ccc(Br)cc1. The van der Waals surface area contributed by atoms with Crippen molar-refractivity contribution in [3.8, 4) is 5.75 Å². The summed E-state index contributed by atoms with van der Waals surface area (Å²) in [6.45, 7) is 0.579. The van der Waals surface area contributed by atoms with Gasteiger partial charge in [-0.2, -0.15) is 0 Å². The number of hydrogen-bond acceptors (Lipinski definition) is 3. The molecule has 27 heavy (non-hydrogen) atoms. The van der Waals surface area contributed by atoms with Gasteiger partial charge in [0.2, 0.25) is 5.43 Å². The van der Waals surface area contributed by atoms with Gasteiger partial charge in [-0.25, -0.2) is 0 Å². The fourth-order valence-corrected chi connectivity index (χ4v) is 2.80. The number of nitrogens with one attached hydrogen (secondary N) is 1. The van der Waals surface area contributed by atoms with E-state index in [1.54, 1.807) is 22.9 Å². The van der Waals surface area contributed by atoms with Gasteiger partial charge >= 0.3 is 0 Å². The van der Waals surface area contributed by atoms with E-state index in [4.69, 9.17) is 4.74 Å². The summed E-state index contributed by atoms with van der Waals surface area (Å²) in [5, 5.41) is 2.83. The number of carbonyl (C=O) groups excluding carboxylic acids is 1. The Morgan fingerprint density at radius 1 is 1.11 bits per heavy atom. The fraction of sp³-hybridized carbons (Fsp3) is 0.143. The zero-order valence-electron chi connectivity index (χ0n) is 14.8. The number of aromatic nitrogens is 1. The van der Waals surface area contributed by atoms with E-state index in [9.17, 15) is 9.59 Å². The van der Waals surface area contributed by atoms with E-state index in [2.05, 4.69) is 21.2 Å².